The second kappa shape index (κ2) is 11.4. The summed E-state index contributed by atoms with van der Waals surface area (Å²) >= 11 is 0. The van der Waals surface area contributed by atoms with E-state index in [0.717, 1.165) is 36.7 Å². The van der Waals surface area contributed by atoms with Gasteiger partial charge in [0.05, 0.1) is 33.1 Å². The molecule has 4 rings (SSSR count). The molecule has 37 heavy (non-hydrogen) atoms. The summed E-state index contributed by atoms with van der Waals surface area (Å²) in [5.41, 5.74) is 0.551. The van der Waals surface area contributed by atoms with Crippen molar-refractivity contribution in [3.05, 3.63) is 87.5 Å². The fraction of sp³-hybridized carbons (Fsp3) is 0.333. The average Bonchev–Trinajstić information content (AvgIpc) is 2.91. The minimum Gasteiger partial charge on any atom is -0.502 e. The molecule has 2 aromatic carbocycles. The second-order valence-electron chi connectivity index (χ2n) is 8.76. The van der Waals surface area contributed by atoms with Crippen molar-refractivity contribution in [2.24, 2.45) is 0 Å². The number of methoxy groups -OCH3 is 2. The SMILES string of the molecule is COC(=O)C[C@@H](c1ccc(F)c(F)c1)c1oc(CN2CCN(c3ccc(OC)cc3)CC2)cc(=O)c1O. The highest BCUT2D eigenvalue weighted by atomic mass is 19.2. The first-order valence-electron chi connectivity index (χ1n) is 11.8. The molecule has 1 atom stereocenters. The van der Waals surface area contributed by atoms with Crippen LogP contribution in [0.5, 0.6) is 11.5 Å². The minimum absolute atomic E-state index is 0.160. The molecular weight excluding hydrogens is 486 g/mol. The fourth-order valence-electron chi connectivity index (χ4n) is 4.39. The first-order valence-corrected chi connectivity index (χ1v) is 11.8. The van der Waals surface area contributed by atoms with Gasteiger partial charge in [-0.25, -0.2) is 8.78 Å². The van der Waals surface area contributed by atoms with Gasteiger partial charge in [0.15, 0.2) is 17.4 Å². The van der Waals surface area contributed by atoms with Crippen molar-refractivity contribution in [2.45, 2.75) is 18.9 Å². The van der Waals surface area contributed by atoms with Crippen molar-refractivity contribution in [1.29, 1.82) is 0 Å². The molecule has 0 amide bonds. The van der Waals surface area contributed by atoms with Gasteiger partial charge < -0.3 is 23.9 Å². The summed E-state index contributed by atoms with van der Waals surface area (Å²) in [4.78, 5) is 29.0. The number of benzene rings is 2. The first-order chi connectivity index (χ1) is 17.8. The smallest absolute Gasteiger partial charge is 0.306 e. The highest BCUT2D eigenvalue weighted by molar-refractivity contribution is 5.71. The third-order valence-electron chi connectivity index (χ3n) is 6.45. The van der Waals surface area contributed by atoms with Gasteiger partial charge >= 0.3 is 5.97 Å². The maximum absolute atomic E-state index is 14.0. The van der Waals surface area contributed by atoms with E-state index in [2.05, 4.69) is 9.80 Å². The van der Waals surface area contributed by atoms with E-state index in [9.17, 15) is 23.5 Å². The third kappa shape index (κ3) is 6.08. The van der Waals surface area contributed by atoms with Crippen molar-refractivity contribution < 1.29 is 32.6 Å². The first kappa shape index (κ1) is 26.2. The van der Waals surface area contributed by atoms with Crippen LogP contribution in [0.1, 0.15) is 29.4 Å². The highest BCUT2D eigenvalue weighted by Gasteiger charge is 2.28. The standard InChI is InChI=1S/C27H28F2N2O6/c1-35-19-6-4-18(5-7-19)31-11-9-30(10-12-31)16-20-14-24(32)26(34)27(37-20)21(15-25(33)36-2)17-3-8-22(28)23(29)13-17/h3-8,13-14,21,34H,9-12,15-16H2,1-2H3/t21-/m0/s1. The number of halogens is 2. The highest BCUT2D eigenvalue weighted by Crippen LogP contribution is 2.34. The molecule has 0 radical (unpaired) electrons. The average molecular weight is 515 g/mol. The van der Waals surface area contributed by atoms with Crippen molar-refractivity contribution in [3.63, 3.8) is 0 Å². The molecule has 1 aromatic heterocycles. The zero-order valence-corrected chi connectivity index (χ0v) is 20.6. The Morgan fingerprint density at radius 2 is 1.73 bits per heavy atom. The third-order valence-corrected chi connectivity index (χ3v) is 6.45. The fourth-order valence-corrected chi connectivity index (χ4v) is 4.39. The topological polar surface area (TPSA) is 92.5 Å². The lowest BCUT2D eigenvalue weighted by Crippen LogP contribution is -2.46. The number of carbonyl (C=O) groups is 1. The van der Waals surface area contributed by atoms with Crippen LogP contribution >= 0.6 is 0 Å². The molecule has 1 saturated heterocycles. The van der Waals surface area contributed by atoms with Crippen LogP contribution in [-0.2, 0) is 16.1 Å². The molecule has 2 heterocycles. The Kier molecular flexibility index (Phi) is 8.08. The van der Waals surface area contributed by atoms with E-state index in [1.165, 1.54) is 19.2 Å². The summed E-state index contributed by atoms with van der Waals surface area (Å²) < 4.78 is 43.4. The summed E-state index contributed by atoms with van der Waals surface area (Å²) in [6.45, 7) is 3.19. The van der Waals surface area contributed by atoms with Crippen LogP contribution in [-0.4, -0.2) is 56.4 Å². The van der Waals surface area contributed by atoms with E-state index >= 15 is 0 Å². The lowest BCUT2D eigenvalue weighted by atomic mass is 9.92. The van der Waals surface area contributed by atoms with E-state index in [-0.39, 0.29) is 23.5 Å². The maximum atomic E-state index is 14.0. The van der Waals surface area contributed by atoms with E-state index in [1.54, 1.807) is 7.11 Å². The van der Waals surface area contributed by atoms with Gasteiger partial charge in [0.2, 0.25) is 11.2 Å². The van der Waals surface area contributed by atoms with Crippen molar-refractivity contribution in [1.82, 2.24) is 4.90 Å². The molecule has 0 aliphatic carbocycles. The Balaban J connectivity index is 1.54. The molecule has 0 unspecified atom stereocenters. The summed E-state index contributed by atoms with van der Waals surface area (Å²) in [6.07, 6.45) is -0.345. The minimum atomic E-state index is -1.12. The molecule has 1 fully saturated rings. The van der Waals surface area contributed by atoms with Gasteiger partial charge in [-0.1, -0.05) is 6.07 Å². The second-order valence-corrected chi connectivity index (χ2v) is 8.76. The van der Waals surface area contributed by atoms with Gasteiger partial charge in [-0.15, -0.1) is 0 Å². The predicted molar refractivity (Wildman–Crippen MR) is 132 cm³/mol. The molecule has 0 bridgehead atoms. The summed E-state index contributed by atoms with van der Waals surface area (Å²) in [5.74, 6) is -3.72. The molecule has 0 spiro atoms. The van der Waals surface area contributed by atoms with Gasteiger partial charge in [-0.05, 0) is 42.0 Å². The number of ether oxygens (including phenoxy) is 2. The maximum Gasteiger partial charge on any atom is 0.306 e. The number of piperazine rings is 1. The molecule has 1 aliphatic rings. The summed E-state index contributed by atoms with van der Waals surface area (Å²) in [7, 11) is 2.80. The normalized spacial score (nSPS) is 14.9. The number of carbonyl (C=O) groups excluding carboxylic acids is 1. The van der Waals surface area contributed by atoms with Crippen LogP contribution in [0.4, 0.5) is 14.5 Å². The molecule has 3 aromatic rings. The van der Waals surface area contributed by atoms with Crippen molar-refractivity contribution in [3.8, 4) is 11.5 Å². The van der Waals surface area contributed by atoms with Crippen LogP contribution < -0.4 is 15.1 Å². The van der Waals surface area contributed by atoms with E-state index in [1.807, 2.05) is 24.3 Å². The van der Waals surface area contributed by atoms with Crippen LogP contribution in [0.2, 0.25) is 0 Å². The summed E-state index contributed by atoms with van der Waals surface area (Å²) in [6, 6.07) is 12.1. The van der Waals surface area contributed by atoms with Gasteiger partial charge in [0.25, 0.3) is 0 Å². The number of hydrogen-bond donors (Lipinski definition) is 1. The Labute approximate surface area is 212 Å². The van der Waals surface area contributed by atoms with Gasteiger partial charge in [0, 0.05) is 37.9 Å². The number of esters is 1. The Bertz CT molecular complexity index is 1300. The Hall–Kier alpha value is -3.92. The molecule has 196 valence electrons. The van der Waals surface area contributed by atoms with Crippen LogP contribution in [0, 0.1) is 11.6 Å². The number of rotatable bonds is 8. The van der Waals surface area contributed by atoms with E-state index in [4.69, 9.17) is 13.9 Å². The Morgan fingerprint density at radius 1 is 1.03 bits per heavy atom. The van der Waals surface area contributed by atoms with Crippen molar-refractivity contribution in [2.75, 3.05) is 45.3 Å². The number of aromatic hydroxyl groups is 1. The molecule has 1 N–H and O–H groups in total. The monoisotopic (exact) mass is 514 g/mol. The zero-order chi connectivity index (χ0) is 26.5. The molecule has 8 nitrogen and oxygen atoms in total. The molecule has 0 saturated carbocycles. The molecular formula is C27H28F2N2O6. The van der Waals surface area contributed by atoms with Crippen LogP contribution in [0.3, 0.4) is 0 Å². The number of hydrogen-bond acceptors (Lipinski definition) is 8. The van der Waals surface area contributed by atoms with Gasteiger partial charge in [-0.3, -0.25) is 14.5 Å². The van der Waals surface area contributed by atoms with Gasteiger partial charge in [0.1, 0.15) is 11.5 Å². The zero-order valence-electron chi connectivity index (χ0n) is 20.6. The van der Waals surface area contributed by atoms with E-state index in [0.29, 0.717) is 19.6 Å². The number of nitrogens with zero attached hydrogens (tertiary/aromatic N) is 2. The lowest BCUT2D eigenvalue weighted by molar-refractivity contribution is -0.140. The lowest BCUT2D eigenvalue weighted by Gasteiger charge is -2.36. The van der Waals surface area contributed by atoms with Crippen LogP contribution in [0.15, 0.2) is 57.7 Å². The Morgan fingerprint density at radius 3 is 2.35 bits per heavy atom. The van der Waals surface area contributed by atoms with Crippen molar-refractivity contribution >= 4 is 11.7 Å². The molecule has 10 heteroatoms. The van der Waals surface area contributed by atoms with E-state index < -0.39 is 34.7 Å². The summed E-state index contributed by atoms with van der Waals surface area (Å²) in [5, 5.41) is 10.5. The molecule has 1 aliphatic heterocycles. The van der Waals surface area contributed by atoms with Gasteiger partial charge in [-0.2, -0.15) is 0 Å². The van der Waals surface area contributed by atoms with Crippen LogP contribution in [0.25, 0.3) is 0 Å². The largest absolute Gasteiger partial charge is 0.502 e. The predicted octanol–water partition coefficient (Wildman–Crippen LogP) is 3.65. The quantitative estimate of drug-likeness (QED) is 0.456. The number of anilines is 1.